The van der Waals surface area contributed by atoms with E-state index in [0.717, 1.165) is 25.7 Å². The molecule has 1 saturated carbocycles. The molecule has 2 aliphatic rings. The first-order valence-electron chi connectivity index (χ1n) is 8.83. The van der Waals surface area contributed by atoms with Crippen molar-refractivity contribution in [3.8, 4) is 0 Å². The molecule has 0 bridgehead atoms. The SMILES string of the molecule is C[C@@H]1CN(S(=O)(=O)c2ccc(C(=O)OC3CCCC3)cc2)C[C@@H](C)O1. The monoisotopic (exact) mass is 367 g/mol. The van der Waals surface area contributed by atoms with Crippen LogP contribution in [0.4, 0.5) is 0 Å². The van der Waals surface area contributed by atoms with Gasteiger partial charge in [0, 0.05) is 13.1 Å². The van der Waals surface area contributed by atoms with Crippen molar-refractivity contribution in [2.45, 2.75) is 62.7 Å². The lowest BCUT2D eigenvalue weighted by atomic mass is 10.2. The highest BCUT2D eigenvalue weighted by Crippen LogP contribution is 2.24. The molecule has 0 spiro atoms. The number of sulfonamides is 1. The lowest BCUT2D eigenvalue weighted by molar-refractivity contribution is -0.0440. The Labute approximate surface area is 149 Å². The van der Waals surface area contributed by atoms with Crippen molar-refractivity contribution in [2.75, 3.05) is 13.1 Å². The summed E-state index contributed by atoms with van der Waals surface area (Å²) in [4.78, 5) is 12.3. The van der Waals surface area contributed by atoms with Gasteiger partial charge in [-0.1, -0.05) is 0 Å². The second-order valence-electron chi connectivity index (χ2n) is 6.92. The molecule has 1 aliphatic carbocycles. The second kappa shape index (κ2) is 7.43. The lowest BCUT2D eigenvalue weighted by Gasteiger charge is -2.34. The summed E-state index contributed by atoms with van der Waals surface area (Å²) >= 11 is 0. The number of carbonyl (C=O) groups is 1. The number of hydrogen-bond acceptors (Lipinski definition) is 5. The molecule has 1 aliphatic heterocycles. The zero-order chi connectivity index (χ0) is 18.0. The fourth-order valence-corrected chi connectivity index (χ4v) is 5.06. The number of nitrogens with zero attached hydrogens (tertiary/aromatic N) is 1. The largest absolute Gasteiger partial charge is 0.459 e. The van der Waals surface area contributed by atoms with Crippen LogP contribution in [-0.2, 0) is 19.5 Å². The Morgan fingerprint density at radius 1 is 1.08 bits per heavy atom. The molecule has 1 heterocycles. The van der Waals surface area contributed by atoms with E-state index in [4.69, 9.17) is 9.47 Å². The Hall–Kier alpha value is -1.44. The third-order valence-electron chi connectivity index (χ3n) is 4.69. The molecule has 1 aromatic rings. The third-order valence-corrected chi connectivity index (χ3v) is 6.54. The van der Waals surface area contributed by atoms with Crippen LogP contribution in [0, 0.1) is 0 Å². The Bertz CT molecular complexity index is 699. The van der Waals surface area contributed by atoms with Gasteiger partial charge in [0.1, 0.15) is 6.10 Å². The number of rotatable bonds is 4. The molecule has 25 heavy (non-hydrogen) atoms. The Kier molecular flexibility index (Phi) is 5.46. The smallest absolute Gasteiger partial charge is 0.338 e. The zero-order valence-corrected chi connectivity index (χ0v) is 15.5. The number of ether oxygens (including phenoxy) is 2. The van der Waals surface area contributed by atoms with E-state index in [0.29, 0.717) is 18.7 Å². The van der Waals surface area contributed by atoms with Crippen molar-refractivity contribution < 1.29 is 22.7 Å². The lowest BCUT2D eigenvalue weighted by Crippen LogP contribution is -2.48. The van der Waals surface area contributed by atoms with E-state index in [1.807, 2.05) is 13.8 Å². The first-order chi connectivity index (χ1) is 11.9. The summed E-state index contributed by atoms with van der Waals surface area (Å²) in [6, 6.07) is 6.01. The highest BCUT2D eigenvalue weighted by atomic mass is 32.2. The molecule has 0 aromatic heterocycles. The normalized spacial score (nSPS) is 25.8. The van der Waals surface area contributed by atoms with Gasteiger partial charge in [-0.25, -0.2) is 13.2 Å². The molecule has 7 heteroatoms. The Morgan fingerprint density at radius 2 is 1.64 bits per heavy atom. The molecule has 138 valence electrons. The highest BCUT2D eigenvalue weighted by Gasteiger charge is 2.32. The number of hydrogen-bond donors (Lipinski definition) is 0. The number of carbonyl (C=O) groups excluding carboxylic acids is 1. The van der Waals surface area contributed by atoms with E-state index in [9.17, 15) is 13.2 Å². The summed E-state index contributed by atoms with van der Waals surface area (Å²) in [5, 5.41) is 0. The first-order valence-corrected chi connectivity index (χ1v) is 10.3. The van der Waals surface area contributed by atoms with E-state index in [2.05, 4.69) is 0 Å². The number of benzene rings is 1. The maximum Gasteiger partial charge on any atom is 0.338 e. The number of morpholine rings is 1. The minimum Gasteiger partial charge on any atom is -0.459 e. The zero-order valence-electron chi connectivity index (χ0n) is 14.7. The molecule has 2 atom stereocenters. The van der Waals surface area contributed by atoms with Crippen LogP contribution in [0.3, 0.4) is 0 Å². The summed E-state index contributed by atoms with van der Waals surface area (Å²) in [5.74, 6) is -0.385. The first kappa shape index (κ1) is 18.4. The predicted octanol–water partition coefficient (Wildman–Crippen LogP) is 2.58. The van der Waals surface area contributed by atoms with E-state index < -0.39 is 10.0 Å². The van der Waals surface area contributed by atoms with Crippen molar-refractivity contribution in [1.82, 2.24) is 4.31 Å². The molecule has 2 fully saturated rings. The van der Waals surface area contributed by atoms with Crippen LogP contribution in [0.1, 0.15) is 49.9 Å². The van der Waals surface area contributed by atoms with Gasteiger partial charge in [0.05, 0.1) is 22.7 Å². The molecular formula is C18H25NO5S. The molecule has 6 nitrogen and oxygen atoms in total. The average Bonchev–Trinajstić information content (AvgIpc) is 3.07. The van der Waals surface area contributed by atoms with E-state index in [1.54, 1.807) is 0 Å². The van der Waals surface area contributed by atoms with E-state index in [1.165, 1.54) is 28.6 Å². The van der Waals surface area contributed by atoms with Crippen molar-refractivity contribution >= 4 is 16.0 Å². The third kappa shape index (κ3) is 4.22. The minimum atomic E-state index is -3.59. The van der Waals surface area contributed by atoms with Crippen molar-refractivity contribution in [1.29, 1.82) is 0 Å². The molecule has 0 N–H and O–H groups in total. The van der Waals surface area contributed by atoms with E-state index >= 15 is 0 Å². The standard InChI is InChI=1S/C18H25NO5S/c1-13-11-19(12-14(2)23-13)25(21,22)17-9-7-15(8-10-17)18(20)24-16-5-3-4-6-16/h7-10,13-14,16H,3-6,11-12H2,1-2H3/t13-,14-/m1/s1. The fourth-order valence-electron chi connectivity index (χ4n) is 3.46. The maximum atomic E-state index is 12.8. The summed E-state index contributed by atoms with van der Waals surface area (Å²) in [6.45, 7) is 4.39. The van der Waals surface area contributed by atoms with Crippen LogP contribution in [0.15, 0.2) is 29.2 Å². The topological polar surface area (TPSA) is 72.9 Å². The highest BCUT2D eigenvalue weighted by molar-refractivity contribution is 7.89. The van der Waals surface area contributed by atoms with Gasteiger partial charge in [-0.3, -0.25) is 0 Å². The van der Waals surface area contributed by atoms with Gasteiger partial charge in [-0.05, 0) is 63.8 Å². The average molecular weight is 367 g/mol. The Morgan fingerprint density at radius 3 is 2.20 bits per heavy atom. The van der Waals surface area contributed by atoms with Crippen LogP contribution >= 0.6 is 0 Å². The minimum absolute atomic E-state index is 0.00719. The van der Waals surface area contributed by atoms with Crippen molar-refractivity contribution in [3.63, 3.8) is 0 Å². The maximum absolute atomic E-state index is 12.8. The van der Waals surface area contributed by atoms with Gasteiger partial charge in [0.15, 0.2) is 0 Å². The van der Waals surface area contributed by atoms with Crippen LogP contribution in [0.25, 0.3) is 0 Å². The molecular weight excluding hydrogens is 342 g/mol. The van der Waals surface area contributed by atoms with Gasteiger partial charge >= 0.3 is 5.97 Å². The van der Waals surface area contributed by atoms with Crippen molar-refractivity contribution in [3.05, 3.63) is 29.8 Å². The molecule has 1 saturated heterocycles. The van der Waals surface area contributed by atoms with Crippen LogP contribution in [-0.4, -0.2) is 50.1 Å². The number of esters is 1. The van der Waals surface area contributed by atoms with Crippen LogP contribution in [0.2, 0.25) is 0 Å². The van der Waals surface area contributed by atoms with Gasteiger partial charge in [0.25, 0.3) is 0 Å². The van der Waals surface area contributed by atoms with E-state index in [-0.39, 0.29) is 29.2 Å². The molecule has 1 aromatic carbocycles. The molecule has 0 radical (unpaired) electrons. The summed E-state index contributed by atoms with van der Waals surface area (Å²) < 4.78 is 38.1. The molecule has 3 rings (SSSR count). The van der Waals surface area contributed by atoms with Gasteiger partial charge in [0.2, 0.25) is 10.0 Å². The Balaban J connectivity index is 1.71. The summed E-state index contributed by atoms with van der Waals surface area (Å²) in [6.07, 6.45) is 3.71. The predicted molar refractivity (Wildman–Crippen MR) is 92.9 cm³/mol. The van der Waals surface area contributed by atoms with Crippen LogP contribution in [0.5, 0.6) is 0 Å². The van der Waals surface area contributed by atoms with Gasteiger partial charge in [-0.2, -0.15) is 4.31 Å². The summed E-state index contributed by atoms with van der Waals surface area (Å²) in [7, 11) is -3.59. The fraction of sp³-hybridized carbons (Fsp3) is 0.611. The van der Waals surface area contributed by atoms with Crippen LogP contribution < -0.4 is 0 Å². The summed E-state index contributed by atoms with van der Waals surface area (Å²) in [5.41, 5.74) is 0.384. The molecule has 0 unspecified atom stereocenters. The second-order valence-corrected chi connectivity index (χ2v) is 8.85. The van der Waals surface area contributed by atoms with Gasteiger partial charge in [-0.15, -0.1) is 0 Å². The van der Waals surface area contributed by atoms with Gasteiger partial charge < -0.3 is 9.47 Å². The van der Waals surface area contributed by atoms with Crippen molar-refractivity contribution in [2.24, 2.45) is 0 Å². The molecule has 0 amide bonds. The quantitative estimate of drug-likeness (QED) is 0.765.